The quantitative estimate of drug-likeness (QED) is 0.719. The summed E-state index contributed by atoms with van der Waals surface area (Å²) in [6.45, 7) is 5.05. The van der Waals surface area contributed by atoms with Gasteiger partial charge in [-0.25, -0.2) is 9.07 Å². The minimum Gasteiger partial charge on any atom is -0.486 e. The molecule has 4 rings (SSSR count). The van der Waals surface area contributed by atoms with Gasteiger partial charge >= 0.3 is 0 Å². The number of halogens is 1. The van der Waals surface area contributed by atoms with Crippen molar-refractivity contribution in [2.75, 3.05) is 13.2 Å². The second-order valence-electron chi connectivity index (χ2n) is 7.39. The third-order valence-electron chi connectivity index (χ3n) is 5.00. The van der Waals surface area contributed by atoms with E-state index in [9.17, 15) is 9.18 Å². The van der Waals surface area contributed by atoms with Crippen molar-refractivity contribution in [1.82, 2.24) is 15.1 Å². The molecule has 1 amide bonds. The number of ether oxygens (including phenoxy) is 2. The largest absolute Gasteiger partial charge is 0.486 e. The number of hydrogen-bond donors (Lipinski definition) is 1. The minimum atomic E-state index is -0.755. The third kappa shape index (κ3) is 3.94. The van der Waals surface area contributed by atoms with Crippen LogP contribution >= 0.6 is 0 Å². The van der Waals surface area contributed by atoms with Gasteiger partial charge in [0, 0.05) is 6.20 Å². The molecule has 0 spiro atoms. The van der Waals surface area contributed by atoms with Crippen molar-refractivity contribution in [1.29, 1.82) is 0 Å². The molecule has 0 saturated carbocycles. The van der Waals surface area contributed by atoms with E-state index in [0.29, 0.717) is 37.0 Å². The summed E-state index contributed by atoms with van der Waals surface area (Å²) in [5.41, 5.74) is 1.55. The van der Waals surface area contributed by atoms with Gasteiger partial charge in [-0.05, 0) is 61.9 Å². The van der Waals surface area contributed by atoms with E-state index >= 15 is 0 Å². The minimum absolute atomic E-state index is 0.120. The Morgan fingerprint density at radius 1 is 1.10 bits per heavy atom. The molecule has 150 valence electrons. The average Bonchev–Trinajstić information content (AvgIpc) is 3.21. The van der Waals surface area contributed by atoms with Crippen LogP contribution in [0.25, 0.3) is 5.69 Å². The second-order valence-corrected chi connectivity index (χ2v) is 7.39. The molecule has 0 bridgehead atoms. The summed E-state index contributed by atoms with van der Waals surface area (Å²) >= 11 is 0. The van der Waals surface area contributed by atoms with Gasteiger partial charge in [0.05, 0.1) is 23.3 Å². The maximum absolute atomic E-state index is 13.1. The van der Waals surface area contributed by atoms with Crippen molar-refractivity contribution in [2.24, 2.45) is 0 Å². The highest BCUT2D eigenvalue weighted by molar-refractivity contribution is 5.87. The Kier molecular flexibility index (Phi) is 4.96. The summed E-state index contributed by atoms with van der Waals surface area (Å²) < 4.78 is 25.9. The number of amides is 1. The van der Waals surface area contributed by atoms with Crippen LogP contribution in [0.1, 0.15) is 25.1 Å². The molecule has 0 saturated heterocycles. The molecular weight excluding hydrogens is 373 g/mol. The highest BCUT2D eigenvalue weighted by atomic mass is 19.1. The van der Waals surface area contributed by atoms with E-state index in [1.54, 1.807) is 23.0 Å². The van der Waals surface area contributed by atoms with Crippen LogP contribution < -0.4 is 14.8 Å². The van der Waals surface area contributed by atoms with Crippen molar-refractivity contribution in [3.05, 3.63) is 71.8 Å². The van der Waals surface area contributed by atoms with E-state index in [0.717, 1.165) is 11.3 Å². The van der Waals surface area contributed by atoms with E-state index < -0.39 is 5.41 Å². The Balaban J connectivity index is 1.43. The maximum atomic E-state index is 13.1. The van der Waals surface area contributed by atoms with Crippen molar-refractivity contribution in [2.45, 2.75) is 25.8 Å². The Morgan fingerprint density at radius 2 is 1.83 bits per heavy atom. The normalized spacial score (nSPS) is 13.2. The van der Waals surface area contributed by atoms with Crippen LogP contribution in [-0.4, -0.2) is 28.9 Å². The molecule has 2 aromatic carbocycles. The van der Waals surface area contributed by atoms with Crippen molar-refractivity contribution in [3.8, 4) is 17.2 Å². The van der Waals surface area contributed by atoms with Crippen LogP contribution in [0.4, 0.5) is 4.39 Å². The van der Waals surface area contributed by atoms with Crippen molar-refractivity contribution in [3.63, 3.8) is 0 Å². The van der Waals surface area contributed by atoms with Crippen LogP contribution in [0.5, 0.6) is 11.5 Å². The molecular formula is C22H22FN3O3. The molecule has 1 aromatic heterocycles. The molecule has 1 aliphatic heterocycles. The zero-order chi connectivity index (χ0) is 20.4. The van der Waals surface area contributed by atoms with Crippen LogP contribution in [0.2, 0.25) is 0 Å². The molecule has 1 aliphatic rings. The predicted octanol–water partition coefficient (Wildman–Crippen LogP) is 3.38. The van der Waals surface area contributed by atoms with Gasteiger partial charge in [0.2, 0.25) is 5.91 Å². The van der Waals surface area contributed by atoms with Gasteiger partial charge in [-0.3, -0.25) is 4.79 Å². The first kappa shape index (κ1) is 19.0. The Hall–Kier alpha value is -3.35. The summed E-state index contributed by atoms with van der Waals surface area (Å²) in [5, 5.41) is 7.38. The lowest BCUT2D eigenvalue weighted by atomic mass is 9.83. The van der Waals surface area contributed by atoms with Crippen LogP contribution in [0, 0.1) is 5.82 Å². The van der Waals surface area contributed by atoms with Gasteiger partial charge in [0.15, 0.2) is 11.5 Å². The number of rotatable bonds is 5. The number of hydrogen-bond acceptors (Lipinski definition) is 4. The van der Waals surface area contributed by atoms with Gasteiger partial charge in [-0.1, -0.05) is 6.07 Å². The third-order valence-corrected chi connectivity index (χ3v) is 5.00. The molecule has 2 heterocycles. The Labute approximate surface area is 168 Å². The molecule has 0 aliphatic carbocycles. The predicted molar refractivity (Wildman–Crippen MR) is 106 cm³/mol. The molecule has 0 unspecified atom stereocenters. The first-order valence-corrected chi connectivity index (χ1v) is 9.42. The second kappa shape index (κ2) is 7.58. The molecule has 0 atom stereocenters. The molecule has 1 N–H and O–H groups in total. The molecule has 7 heteroatoms. The zero-order valence-corrected chi connectivity index (χ0v) is 16.3. The van der Waals surface area contributed by atoms with E-state index in [2.05, 4.69) is 10.4 Å². The molecule has 3 aromatic rings. The molecule has 29 heavy (non-hydrogen) atoms. The maximum Gasteiger partial charge on any atom is 0.230 e. The van der Waals surface area contributed by atoms with E-state index in [1.807, 2.05) is 38.1 Å². The summed E-state index contributed by atoms with van der Waals surface area (Å²) in [6.07, 6.45) is 1.78. The number of aromatic nitrogens is 2. The van der Waals surface area contributed by atoms with Gasteiger partial charge in [-0.2, -0.15) is 5.10 Å². The highest BCUT2D eigenvalue weighted by Crippen LogP contribution is 2.35. The van der Waals surface area contributed by atoms with Gasteiger partial charge < -0.3 is 14.8 Å². The summed E-state index contributed by atoms with van der Waals surface area (Å²) in [4.78, 5) is 12.9. The number of nitrogens with one attached hydrogen (secondary N) is 1. The highest BCUT2D eigenvalue weighted by Gasteiger charge is 2.31. The Morgan fingerprint density at radius 3 is 2.59 bits per heavy atom. The smallest absolute Gasteiger partial charge is 0.230 e. The van der Waals surface area contributed by atoms with E-state index in [4.69, 9.17) is 9.47 Å². The fourth-order valence-electron chi connectivity index (χ4n) is 3.15. The SMILES string of the molecule is CC(C)(C(=O)NCc1ccn(-c2ccc(F)cc2)n1)c1ccc2c(c1)OCCO2. The molecule has 6 nitrogen and oxygen atoms in total. The monoisotopic (exact) mass is 395 g/mol. The van der Waals surface area contributed by atoms with Gasteiger partial charge in [0.25, 0.3) is 0 Å². The number of carbonyl (C=O) groups excluding carboxylic acids is 1. The number of fused-ring (bicyclic) bond motifs is 1. The van der Waals surface area contributed by atoms with E-state index in [-0.39, 0.29) is 11.7 Å². The Bertz CT molecular complexity index is 1030. The van der Waals surface area contributed by atoms with Crippen molar-refractivity contribution >= 4 is 5.91 Å². The fourth-order valence-corrected chi connectivity index (χ4v) is 3.15. The average molecular weight is 395 g/mol. The van der Waals surface area contributed by atoms with Crippen LogP contribution in [0.3, 0.4) is 0 Å². The lowest BCUT2D eigenvalue weighted by Crippen LogP contribution is -2.39. The van der Waals surface area contributed by atoms with Crippen LogP contribution in [-0.2, 0) is 16.8 Å². The topological polar surface area (TPSA) is 65.4 Å². The number of nitrogens with zero attached hydrogens (tertiary/aromatic N) is 2. The number of carbonyl (C=O) groups is 1. The van der Waals surface area contributed by atoms with E-state index in [1.165, 1.54) is 12.1 Å². The first-order chi connectivity index (χ1) is 13.9. The molecule has 0 fully saturated rings. The number of benzene rings is 2. The van der Waals surface area contributed by atoms with Gasteiger partial charge in [0.1, 0.15) is 19.0 Å². The molecule has 0 radical (unpaired) electrons. The zero-order valence-electron chi connectivity index (χ0n) is 16.3. The fraction of sp³-hybridized carbons (Fsp3) is 0.273. The summed E-state index contributed by atoms with van der Waals surface area (Å²) in [5.74, 6) is 0.940. The summed E-state index contributed by atoms with van der Waals surface area (Å²) in [6, 6.07) is 13.5. The lowest BCUT2D eigenvalue weighted by Gasteiger charge is -2.26. The van der Waals surface area contributed by atoms with Gasteiger partial charge in [-0.15, -0.1) is 0 Å². The van der Waals surface area contributed by atoms with Crippen LogP contribution in [0.15, 0.2) is 54.7 Å². The first-order valence-electron chi connectivity index (χ1n) is 9.42. The van der Waals surface area contributed by atoms with Crippen molar-refractivity contribution < 1.29 is 18.7 Å². The summed E-state index contributed by atoms with van der Waals surface area (Å²) in [7, 11) is 0. The standard InChI is InChI=1S/C22H22FN3O3/c1-22(2,15-3-8-19-20(13-15)29-12-11-28-19)21(27)24-14-17-9-10-26(25-17)18-6-4-16(23)5-7-18/h3-10,13H,11-12,14H2,1-2H3,(H,24,27). The lowest BCUT2D eigenvalue weighted by molar-refractivity contribution is -0.125.